The topological polar surface area (TPSA) is 40.6 Å². The molecular formula is C11H23BrN2O2S. The molecule has 1 aliphatic rings. The van der Waals surface area contributed by atoms with E-state index in [1.54, 1.807) is 8.61 Å². The zero-order chi connectivity index (χ0) is 12.9. The summed E-state index contributed by atoms with van der Waals surface area (Å²) in [4.78, 5) is 0. The van der Waals surface area contributed by atoms with E-state index in [1.165, 1.54) is 0 Å². The van der Waals surface area contributed by atoms with Gasteiger partial charge in [0.15, 0.2) is 0 Å². The van der Waals surface area contributed by atoms with Crippen molar-refractivity contribution in [2.24, 2.45) is 0 Å². The van der Waals surface area contributed by atoms with E-state index >= 15 is 0 Å². The molecule has 0 amide bonds. The first-order chi connectivity index (χ1) is 8.00. The standard InChI is InChI=1S/C11H23BrN2O2S/c1-11(2)14(10-7-12)17(15,16)13-8-5-3-4-6-9-13/h11H,3-10H2,1-2H3. The minimum atomic E-state index is -3.27. The Bertz CT molecular complexity index is 311. The van der Waals surface area contributed by atoms with Crippen LogP contribution < -0.4 is 0 Å². The Balaban J connectivity index is 2.81. The van der Waals surface area contributed by atoms with Gasteiger partial charge in [0.05, 0.1) is 0 Å². The van der Waals surface area contributed by atoms with Crippen LogP contribution in [0, 0.1) is 0 Å². The molecule has 17 heavy (non-hydrogen) atoms. The Morgan fingerprint density at radius 2 is 1.71 bits per heavy atom. The molecule has 0 radical (unpaired) electrons. The van der Waals surface area contributed by atoms with E-state index in [4.69, 9.17) is 0 Å². The normalized spacial score (nSPS) is 19.8. The zero-order valence-corrected chi connectivity index (χ0v) is 13.1. The van der Waals surface area contributed by atoms with E-state index in [-0.39, 0.29) is 6.04 Å². The fourth-order valence-electron chi connectivity index (χ4n) is 2.14. The lowest BCUT2D eigenvalue weighted by atomic mass is 10.2. The Hall–Kier alpha value is 0.350. The highest BCUT2D eigenvalue weighted by molar-refractivity contribution is 9.09. The van der Waals surface area contributed by atoms with Crippen LogP contribution in [-0.4, -0.2) is 48.0 Å². The molecule has 4 nitrogen and oxygen atoms in total. The summed E-state index contributed by atoms with van der Waals surface area (Å²) in [6.07, 6.45) is 4.26. The number of alkyl halides is 1. The molecule has 1 fully saturated rings. The fourth-order valence-corrected chi connectivity index (χ4v) is 4.63. The van der Waals surface area contributed by atoms with Crippen LogP contribution in [0.25, 0.3) is 0 Å². The molecule has 1 rings (SSSR count). The van der Waals surface area contributed by atoms with Gasteiger partial charge in [-0.15, -0.1) is 0 Å². The highest BCUT2D eigenvalue weighted by Crippen LogP contribution is 2.18. The largest absolute Gasteiger partial charge is 0.282 e. The van der Waals surface area contributed by atoms with Gasteiger partial charge in [-0.2, -0.15) is 17.0 Å². The van der Waals surface area contributed by atoms with Gasteiger partial charge in [0.1, 0.15) is 0 Å². The van der Waals surface area contributed by atoms with E-state index in [2.05, 4.69) is 15.9 Å². The van der Waals surface area contributed by atoms with Crippen molar-refractivity contribution in [1.82, 2.24) is 8.61 Å². The second-order valence-electron chi connectivity index (χ2n) is 4.71. The van der Waals surface area contributed by atoms with Crippen molar-refractivity contribution in [2.45, 2.75) is 45.6 Å². The summed E-state index contributed by atoms with van der Waals surface area (Å²) in [6, 6.07) is 0.0146. The second kappa shape index (κ2) is 7.07. The first kappa shape index (κ1) is 15.4. The van der Waals surface area contributed by atoms with Crippen molar-refractivity contribution < 1.29 is 8.42 Å². The second-order valence-corrected chi connectivity index (χ2v) is 7.39. The number of halogens is 1. The van der Waals surface area contributed by atoms with Gasteiger partial charge in [-0.05, 0) is 26.7 Å². The van der Waals surface area contributed by atoms with Crippen LogP contribution in [-0.2, 0) is 10.2 Å². The molecule has 0 unspecified atom stereocenters. The summed E-state index contributed by atoms with van der Waals surface area (Å²) in [5, 5.41) is 0.679. The molecule has 0 saturated carbocycles. The molecule has 0 aromatic carbocycles. The van der Waals surface area contributed by atoms with Crippen LogP contribution in [0.15, 0.2) is 0 Å². The molecule has 1 saturated heterocycles. The molecule has 0 aliphatic carbocycles. The van der Waals surface area contributed by atoms with Crippen molar-refractivity contribution in [3.63, 3.8) is 0 Å². The Morgan fingerprint density at radius 1 is 1.18 bits per heavy atom. The predicted octanol–water partition coefficient (Wildman–Crippen LogP) is 2.21. The van der Waals surface area contributed by atoms with Crippen LogP contribution in [0.3, 0.4) is 0 Å². The van der Waals surface area contributed by atoms with Crippen molar-refractivity contribution in [3.8, 4) is 0 Å². The van der Waals surface area contributed by atoms with Crippen LogP contribution in [0.5, 0.6) is 0 Å². The summed E-state index contributed by atoms with van der Waals surface area (Å²) < 4.78 is 28.2. The van der Waals surface area contributed by atoms with E-state index in [0.717, 1.165) is 25.7 Å². The lowest BCUT2D eigenvalue weighted by Gasteiger charge is -2.31. The highest BCUT2D eigenvalue weighted by atomic mass is 79.9. The van der Waals surface area contributed by atoms with Crippen LogP contribution in [0.2, 0.25) is 0 Å². The van der Waals surface area contributed by atoms with Gasteiger partial charge in [-0.25, -0.2) is 0 Å². The van der Waals surface area contributed by atoms with Crippen molar-refractivity contribution >= 4 is 26.1 Å². The van der Waals surface area contributed by atoms with Crippen LogP contribution >= 0.6 is 15.9 Å². The molecule has 102 valence electrons. The number of rotatable bonds is 5. The molecule has 0 bridgehead atoms. The number of nitrogens with zero attached hydrogens (tertiary/aromatic N) is 2. The van der Waals surface area contributed by atoms with Crippen molar-refractivity contribution in [2.75, 3.05) is 25.0 Å². The zero-order valence-electron chi connectivity index (χ0n) is 10.7. The van der Waals surface area contributed by atoms with E-state index in [0.29, 0.717) is 25.0 Å². The monoisotopic (exact) mass is 326 g/mol. The summed E-state index contributed by atoms with van der Waals surface area (Å²) in [5.41, 5.74) is 0. The lowest BCUT2D eigenvalue weighted by Crippen LogP contribution is -2.48. The third kappa shape index (κ3) is 4.19. The molecule has 6 heteroatoms. The number of hydrogen-bond acceptors (Lipinski definition) is 2. The smallest absolute Gasteiger partial charge is 0.195 e. The average molecular weight is 327 g/mol. The maximum absolute atomic E-state index is 12.5. The molecule has 0 N–H and O–H groups in total. The Kier molecular flexibility index (Phi) is 6.40. The molecule has 0 aromatic heterocycles. The lowest BCUT2D eigenvalue weighted by molar-refractivity contribution is 0.317. The molecule has 0 atom stereocenters. The summed E-state index contributed by atoms with van der Waals surface area (Å²) in [5.74, 6) is 0. The third-order valence-corrected chi connectivity index (χ3v) is 5.64. The van der Waals surface area contributed by atoms with E-state index < -0.39 is 10.2 Å². The summed E-state index contributed by atoms with van der Waals surface area (Å²) in [6.45, 7) is 5.74. The van der Waals surface area contributed by atoms with Gasteiger partial charge in [-0.3, -0.25) is 0 Å². The van der Waals surface area contributed by atoms with Gasteiger partial charge in [0.25, 0.3) is 10.2 Å². The Morgan fingerprint density at radius 3 is 2.12 bits per heavy atom. The molecule has 1 aliphatic heterocycles. The maximum Gasteiger partial charge on any atom is 0.282 e. The highest BCUT2D eigenvalue weighted by Gasteiger charge is 2.31. The number of hydrogen-bond donors (Lipinski definition) is 0. The van der Waals surface area contributed by atoms with Gasteiger partial charge in [0.2, 0.25) is 0 Å². The first-order valence-electron chi connectivity index (χ1n) is 6.33. The SMILES string of the molecule is CC(C)N(CCBr)S(=O)(=O)N1CCCCCC1. The van der Waals surface area contributed by atoms with Crippen molar-refractivity contribution in [1.29, 1.82) is 0 Å². The van der Waals surface area contributed by atoms with E-state index in [9.17, 15) is 8.42 Å². The van der Waals surface area contributed by atoms with Gasteiger partial charge in [-0.1, -0.05) is 28.8 Å². The fraction of sp³-hybridized carbons (Fsp3) is 1.00. The minimum Gasteiger partial charge on any atom is -0.195 e. The van der Waals surface area contributed by atoms with Crippen LogP contribution in [0.4, 0.5) is 0 Å². The summed E-state index contributed by atoms with van der Waals surface area (Å²) >= 11 is 3.33. The Labute approximate surface area is 114 Å². The van der Waals surface area contributed by atoms with Gasteiger partial charge >= 0.3 is 0 Å². The van der Waals surface area contributed by atoms with E-state index in [1.807, 2.05) is 13.8 Å². The molecular weight excluding hydrogens is 304 g/mol. The molecule has 0 spiro atoms. The third-order valence-electron chi connectivity index (χ3n) is 3.07. The average Bonchev–Trinajstić information content (AvgIpc) is 2.53. The molecule has 1 heterocycles. The van der Waals surface area contributed by atoms with Gasteiger partial charge in [0, 0.05) is 31.0 Å². The van der Waals surface area contributed by atoms with Crippen LogP contribution in [0.1, 0.15) is 39.5 Å². The predicted molar refractivity (Wildman–Crippen MR) is 74.6 cm³/mol. The van der Waals surface area contributed by atoms with Crippen molar-refractivity contribution in [3.05, 3.63) is 0 Å². The minimum absolute atomic E-state index is 0.0146. The molecule has 0 aromatic rings. The quantitative estimate of drug-likeness (QED) is 0.727. The summed E-state index contributed by atoms with van der Waals surface area (Å²) in [7, 11) is -3.27. The maximum atomic E-state index is 12.5. The first-order valence-corrected chi connectivity index (χ1v) is 8.85. The van der Waals surface area contributed by atoms with Gasteiger partial charge < -0.3 is 0 Å².